The lowest BCUT2D eigenvalue weighted by molar-refractivity contribution is 0.293. The third kappa shape index (κ3) is 2.13. The lowest BCUT2D eigenvalue weighted by Crippen LogP contribution is -1.92. The molecule has 0 bridgehead atoms. The van der Waals surface area contributed by atoms with Crippen molar-refractivity contribution in [2.75, 3.05) is 6.61 Å². The first-order chi connectivity index (χ1) is 7.29. The zero-order valence-electron chi connectivity index (χ0n) is 7.92. The molecule has 2 aromatic rings. The molecule has 1 aromatic carbocycles. The molecule has 78 valence electrons. The minimum Gasteiger partial charge on any atom is -0.508 e. The van der Waals surface area contributed by atoms with Crippen LogP contribution in [-0.2, 0) is 6.42 Å². The SMILES string of the molecule is OCCc1noc(-c2ccc(O)cc2)n1. The number of aliphatic hydroxyl groups is 1. The van der Waals surface area contributed by atoms with E-state index in [1.807, 2.05) is 0 Å². The maximum Gasteiger partial charge on any atom is 0.257 e. The van der Waals surface area contributed by atoms with Gasteiger partial charge in [-0.15, -0.1) is 0 Å². The average molecular weight is 206 g/mol. The van der Waals surface area contributed by atoms with E-state index in [-0.39, 0.29) is 12.4 Å². The van der Waals surface area contributed by atoms with Crippen LogP contribution in [0.1, 0.15) is 5.82 Å². The summed E-state index contributed by atoms with van der Waals surface area (Å²) in [6.45, 7) is -0.00541. The van der Waals surface area contributed by atoms with E-state index in [1.165, 1.54) is 0 Å². The molecule has 0 spiro atoms. The summed E-state index contributed by atoms with van der Waals surface area (Å²) >= 11 is 0. The third-order valence-electron chi connectivity index (χ3n) is 1.92. The van der Waals surface area contributed by atoms with Gasteiger partial charge in [-0.2, -0.15) is 4.98 Å². The Hall–Kier alpha value is -1.88. The van der Waals surface area contributed by atoms with E-state index in [0.29, 0.717) is 18.1 Å². The molecule has 0 unspecified atom stereocenters. The topological polar surface area (TPSA) is 79.4 Å². The van der Waals surface area contributed by atoms with E-state index in [2.05, 4.69) is 10.1 Å². The number of benzene rings is 1. The number of phenols is 1. The molecule has 0 aliphatic rings. The number of aliphatic hydroxyl groups excluding tert-OH is 1. The van der Waals surface area contributed by atoms with E-state index in [0.717, 1.165) is 5.56 Å². The van der Waals surface area contributed by atoms with E-state index >= 15 is 0 Å². The van der Waals surface area contributed by atoms with Gasteiger partial charge in [0.15, 0.2) is 5.82 Å². The zero-order valence-corrected chi connectivity index (χ0v) is 7.92. The molecule has 0 atom stereocenters. The number of phenolic OH excluding ortho intramolecular Hbond substituents is 1. The summed E-state index contributed by atoms with van der Waals surface area (Å²) in [7, 11) is 0. The largest absolute Gasteiger partial charge is 0.508 e. The highest BCUT2D eigenvalue weighted by atomic mass is 16.5. The molecule has 0 amide bonds. The number of hydrogen-bond acceptors (Lipinski definition) is 5. The van der Waals surface area contributed by atoms with Crippen LogP contribution in [0.4, 0.5) is 0 Å². The van der Waals surface area contributed by atoms with Crippen LogP contribution < -0.4 is 0 Å². The second-order valence-corrected chi connectivity index (χ2v) is 3.04. The van der Waals surface area contributed by atoms with Crippen molar-refractivity contribution in [3.05, 3.63) is 30.1 Å². The van der Waals surface area contributed by atoms with Crippen molar-refractivity contribution in [3.8, 4) is 17.2 Å². The molecule has 0 saturated heterocycles. The van der Waals surface area contributed by atoms with Gasteiger partial charge in [0.25, 0.3) is 5.89 Å². The van der Waals surface area contributed by atoms with Crippen LogP contribution in [0.2, 0.25) is 0 Å². The van der Waals surface area contributed by atoms with Gasteiger partial charge in [0, 0.05) is 12.0 Å². The van der Waals surface area contributed by atoms with Crippen molar-refractivity contribution >= 4 is 0 Å². The molecule has 5 nitrogen and oxygen atoms in total. The summed E-state index contributed by atoms with van der Waals surface area (Å²) in [6, 6.07) is 6.47. The highest BCUT2D eigenvalue weighted by Gasteiger charge is 2.07. The highest BCUT2D eigenvalue weighted by molar-refractivity contribution is 5.53. The number of rotatable bonds is 3. The normalized spacial score (nSPS) is 10.5. The fourth-order valence-electron chi connectivity index (χ4n) is 1.18. The molecule has 2 N–H and O–H groups in total. The lowest BCUT2D eigenvalue weighted by Gasteiger charge is -1.93. The summed E-state index contributed by atoms with van der Waals surface area (Å²) < 4.78 is 4.99. The first-order valence-electron chi connectivity index (χ1n) is 4.52. The molecule has 0 aliphatic carbocycles. The molecule has 0 aliphatic heterocycles. The number of aromatic nitrogens is 2. The van der Waals surface area contributed by atoms with Crippen molar-refractivity contribution < 1.29 is 14.7 Å². The van der Waals surface area contributed by atoms with Crippen molar-refractivity contribution in [2.45, 2.75) is 6.42 Å². The molecule has 0 fully saturated rings. The molecule has 15 heavy (non-hydrogen) atoms. The Kier molecular flexibility index (Phi) is 2.64. The summed E-state index contributed by atoms with van der Waals surface area (Å²) in [4.78, 5) is 4.08. The minimum atomic E-state index is -0.00541. The standard InChI is InChI=1S/C10H10N2O3/c13-6-5-9-11-10(15-12-9)7-1-3-8(14)4-2-7/h1-4,13-14H,5-6H2. The molecular weight excluding hydrogens is 196 g/mol. The maximum absolute atomic E-state index is 9.09. The van der Waals surface area contributed by atoms with E-state index in [9.17, 15) is 0 Å². The lowest BCUT2D eigenvalue weighted by atomic mass is 10.2. The second-order valence-electron chi connectivity index (χ2n) is 3.04. The molecule has 1 heterocycles. The number of hydrogen-bond donors (Lipinski definition) is 2. The first kappa shape index (κ1) is 9.67. The van der Waals surface area contributed by atoms with Gasteiger partial charge >= 0.3 is 0 Å². The summed E-state index contributed by atoms with van der Waals surface area (Å²) in [5.41, 5.74) is 0.740. The Morgan fingerprint density at radius 2 is 1.93 bits per heavy atom. The monoisotopic (exact) mass is 206 g/mol. The van der Waals surface area contributed by atoms with Crippen molar-refractivity contribution in [3.63, 3.8) is 0 Å². The van der Waals surface area contributed by atoms with Gasteiger partial charge < -0.3 is 14.7 Å². The van der Waals surface area contributed by atoms with Crippen molar-refractivity contribution in [1.82, 2.24) is 10.1 Å². The second kappa shape index (κ2) is 4.10. The molecule has 0 saturated carbocycles. The molecule has 2 rings (SSSR count). The third-order valence-corrected chi connectivity index (χ3v) is 1.92. The predicted molar refractivity (Wildman–Crippen MR) is 52.2 cm³/mol. The van der Waals surface area contributed by atoms with Crippen LogP contribution >= 0.6 is 0 Å². The quantitative estimate of drug-likeness (QED) is 0.782. The Morgan fingerprint density at radius 1 is 1.20 bits per heavy atom. The van der Waals surface area contributed by atoms with Gasteiger partial charge in [-0.1, -0.05) is 5.16 Å². The molecule has 5 heteroatoms. The van der Waals surface area contributed by atoms with Crippen LogP contribution in [0, 0.1) is 0 Å². The zero-order chi connectivity index (χ0) is 10.7. The van der Waals surface area contributed by atoms with Crippen molar-refractivity contribution in [2.24, 2.45) is 0 Å². The van der Waals surface area contributed by atoms with Crippen LogP contribution in [0.3, 0.4) is 0 Å². The van der Waals surface area contributed by atoms with Crippen LogP contribution in [-0.4, -0.2) is 27.0 Å². The fraction of sp³-hybridized carbons (Fsp3) is 0.200. The summed E-state index contributed by atoms with van der Waals surface area (Å²) in [5, 5.41) is 21.5. The molecule has 1 aromatic heterocycles. The maximum atomic E-state index is 9.09. The number of nitrogens with zero attached hydrogens (tertiary/aromatic N) is 2. The minimum absolute atomic E-state index is 0.00541. The van der Waals surface area contributed by atoms with Gasteiger partial charge in [-0.3, -0.25) is 0 Å². The van der Waals surface area contributed by atoms with E-state index in [4.69, 9.17) is 14.7 Å². The van der Waals surface area contributed by atoms with E-state index < -0.39 is 0 Å². The fourth-order valence-corrected chi connectivity index (χ4v) is 1.18. The smallest absolute Gasteiger partial charge is 0.257 e. The van der Waals surface area contributed by atoms with Crippen molar-refractivity contribution in [1.29, 1.82) is 0 Å². The van der Waals surface area contributed by atoms with Gasteiger partial charge in [0.1, 0.15) is 5.75 Å². The summed E-state index contributed by atoms with van der Waals surface area (Å²) in [5.74, 6) is 1.05. The van der Waals surface area contributed by atoms with Crippen LogP contribution in [0.25, 0.3) is 11.5 Å². The van der Waals surface area contributed by atoms with Gasteiger partial charge in [0.2, 0.25) is 0 Å². The number of aromatic hydroxyl groups is 1. The van der Waals surface area contributed by atoms with E-state index in [1.54, 1.807) is 24.3 Å². The van der Waals surface area contributed by atoms with Gasteiger partial charge in [-0.25, -0.2) is 0 Å². The summed E-state index contributed by atoms with van der Waals surface area (Å²) in [6.07, 6.45) is 0.377. The van der Waals surface area contributed by atoms with Gasteiger partial charge in [0.05, 0.1) is 6.61 Å². The molecule has 0 radical (unpaired) electrons. The highest BCUT2D eigenvalue weighted by Crippen LogP contribution is 2.19. The average Bonchev–Trinajstić information content (AvgIpc) is 2.68. The predicted octanol–water partition coefficient (Wildman–Crippen LogP) is 0.977. The van der Waals surface area contributed by atoms with Gasteiger partial charge in [-0.05, 0) is 24.3 Å². The Balaban J connectivity index is 2.25. The Morgan fingerprint density at radius 3 is 2.60 bits per heavy atom. The molecular formula is C10H10N2O3. The van der Waals surface area contributed by atoms with Crippen LogP contribution in [0.5, 0.6) is 5.75 Å². The van der Waals surface area contributed by atoms with Crippen LogP contribution in [0.15, 0.2) is 28.8 Å². The Labute approximate surface area is 86.0 Å². The Bertz CT molecular complexity index is 436. The first-order valence-corrected chi connectivity index (χ1v) is 4.52.